The van der Waals surface area contributed by atoms with Crippen molar-refractivity contribution in [3.63, 3.8) is 0 Å². The van der Waals surface area contributed by atoms with Crippen LogP contribution in [0.4, 0.5) is 0 Å². The molecule has 1 aromatic rings. The molecule has 3 heteroatoms. The number of nitrogens with zero attached hydrogens (tertiary/aromatic N) is 2. The standard InChI is InChI=1S/C7H8N2O/c1-3-4-5-7-9-8-6(2)10-7/h3H2,1-2H3. The first-order valence-electron chi connectivity index (χ1n) is 3.12. The second kappa shape index (κ2) is 3.02. The first-order valence-corrected chi connectivity index (χ1v) is 3.12. The molecule has 10 heavy (non-hydrogen) atoms. The van der Waals surface area contributed by atoms with E-state index in [4.69, 9.17) is 4.42 Å². The molecule has 0 amide bonds. The Kier molecular flexibility index (Phi) is 2.06. The Labute approximate surface area is 59.5 Å². The van der Waals surface area contributed by atoms with Crippen LogP contribution in [-0.2, 0) is 0 Å². The second-order valence-electron chi connectivity index (χ2n) is 1.78. The minimum atomic E-state index is 0.402. The van der Waals surface area contributed by atoms with E-state index in [0.717, 1.165) is 6.42 Å². The van der Waals surface area contributed by atoms with E-state index in [2.05, 4.69) is 22.0 Å². The van der Waals surface area contributed by atoms with E-state index in [-0.39, 0.29) is 0 Å². The van der Waals surface area contributed by atoms with E-state index < -0.39 is 0 Å². The minimum Gasteiger partial charge on any atom is -0.415 e. The van der Waals surface area contributed by atoms with Gasteiger partial charge in [-0.3, -0.25) is 0 Å². The van der Waals surface area contributed by atoms with Gasteiger partial charge in [0.05, 0.1) is 0 Å². The zero-order valence-electron chi connectivity index (χ0n) is 6.01. The summed E-state index contributed by atoms with van der Waals surface area (Å²) >= 11 is 0. The summed E-state index contributed by atoms with van der Waals surface area (Å²) in [6.45, 7) is 3.71. The minimum absolute atomic E-state index is 0.402. The number of hydrogen-bond donors (Lipinski definition) is 0. The largest absolute Gasteiger partial charge is 0.415 e. The molecule has 0 N–H and O–H groups in total. The molecular weight excluding hydrogens is 128 g/mol. The van der Waals surface area contributed by atoms with Gasteiger partial charge in [0.25, 0.3) is 5.89 Å². The van der Waals surface area contributed by atoms with Gasteiger partial charge in [0.1, 0.15) is 0 Å². The first-order chi connectivity index (χ1) is 4.83. The summed E-state index contributed by atoms with van der Waals surface area (Å²) in [5.41, 5.74) is 0. The van der Waals surface area contributed by atoms with Gasteiger partial charge >= 0.3 is 0 Å². The van der Waals surface area contributed by atoms with Gasteiger partial charge in [0.15, 0.2) is 0 Å². The van der Waals surface area contributed by atoms with Crippen LogP contribution in [0.3, 0.4) is 0 Å². The van der Waals surface area contributed by atoms with Crippen molar-refractivity contribution in [1.29, 1.82) is 0 Å². The Morgan fingerprint density at radius 2 is 2.30 bits per heavy atom. The Bertz CT molecular complexity index is 267. The van der Waals surface area contributed by atoms with E-state index >= 15 is 0 Å². The molecular formula is C7H8N2O. The van der Waals surface area contributed by atoms with Gasteiger partial charge in [-0.05, 0) is 5.92 Å². The molecule has 1 heterocycles. The Hall–Kier alpha value is -1.30. The van der Waals surface area contributed by atoms with Gasteiger partial charge < -0.3 is 4.42 Å². The summed E-state index contributed by atoms with van der Waals surface area (Å²) in [7, 11) is 0. The summed E-state index contributed by atoms with van der Waals surface area (Å²) in [5.74, 6) is 6.51. The molecule has 0 bridgehead atoms. The molecule has 0 saturated heterocycles. The van der Waals surface area contributed by atoms with Crippen LogP contribution < -0.4 is 0 Å². The third-order valence-electron chi connectivity index (χ3n) is 0.898. The maximum Gasteiger partial charge on any atom is 0.293 e. The predicted octanol–water partition coefficient (Wildman–Crippen LogP) is 1.14. The predicted molar refractivity (Wildman–Crippen MR) is 36.2 cm³/mol. The van der Waals surface area contributed by atoms with Crippen molar-refractivity contribution in [3.05, 3.63) is 11.8 Å². The first kappa shape index (κ1) is 6.81. The molecule has 0 fully saturated rings. The van der Waals surface area contributed by atoms with Crippen LogP contribution in [0.1, 0.15) is 25.1 Å². The number of aromatic nitrogens is 2. The van der Waals surface area contributed by atoms with Crippen LogP contribution in [0.2, 0.25) is 0 Å². The summed E-state index contributed by atoms with van der Waals surface area (Å²) in [6.07, 6.45) is 0.807. The van der Waals surface area contributed by atoms with Crippen molar-refractivity contribution >= 4 is 0 Å². The Balaban J connectivity index is 2.76. The third kappa shape index (κ3) is 1.59. The van der Waals surface area contributed by atoms with Crippen molar-refractivity contribution < 1.29 is 4.42 Å². The van der Waals surface area contributed by atoms with Crippen molar-refractivity contribution in [2.75, 3.05) is 0 Å². The fourth-order valence-electron chi connectivity index (χ4n) is 0.511. The lowest BCUT2D eigenvalue weighted by atomic mass is 10.5. The molecule has 0 aliphatic rings. The van der Waals surface area contributed by atoms with Crippen LogP contribution >= 0.6 is 0 Å². The third-order valence-corrected chi connectivity index (χ3v) is 0.898. The van der Waals surface area contributed by atoms with Crippen molar-refractivity contribution in [3.8, 4) is 11.8 Å². The molecule has 52 valence electrons. The highest BCUT2D eigenvalue weighted by Crippen LogP contribution is 1.94. The van der Waals surface area contributed by atoms with Crippen molar-refractivity contribution in [1.82, 2.24) is 10.2 Å². The average Bonchev–Trinajstić information content (AvgIpc) is 2.31. The molecule has 0 aliphatic heterocycles. The summed E-state index contributed by atoms with van der Waals surface area (Å²) in [6, 6.07) is 0. The maximum absolute atomic E-state index is 4.99. The zero-order valence-corrected chi connectivity index (χ0v) is 6.01. The highest BCUT2D eigenvalue weighted by Gasteiger charge is 1.94. The van der Waals surface area contributed by atoms with E-state index in [1.165, 1.54) is 0 Å². The number of hydrogen-bond acceptors (Lipinski definition) is 3. The molecule has 1 aromatic heterocycles. The van der Waals surface area contributed by atoms with E-state index in [0.29, 0.717) is 11.8 Å². The monoisotopic (exact) mass is 136 g/mol. The Morgan fingerprint density at radius 1 is 1.50 bits per heavy atom. The molecule has 0 spiro atoms. The maximum atomic E-state index is 4.99. The molecule has 1 rings (SSSR count). The average molecular weight is 136 g/mol. The smallest absolute Gasteiger partial charge is 0.293 e. The highest BCUT2D eigenvalue weighted by atomic mass is 16.4. The van der Waals surface area contributed by atoms with Crippen LogP contribution in [0, 0.1) is 18.8 Å². The van der Waals surface area contributed by atoms with Gasteiger partial charge in [-0.25, -0.2) is 0 Å². The summed E-state index contributed by atoms with van der Waals surface area (Å²) < 4.78 is 4.99. The van der Waals surface area contributed by atoms with Crippen molar-refractivity contribution in [2.45, 2.75) is 20.3 Å². The summed E-state index contributed by atoms with van der Waals surface area (Å²) in [5, 5.41) is 7.31. The van der Waals surface area contributed by atoms with Gasteiger partial charge in [-0.1, -0.05) is 17.9 Å². The fourth-order valence-corrected chi connectivity index (χ4v) is 0.511. The highest BCUT2D eigenvalue weighted by molar-refractivity contribution is 5.15. The molecule has 0 radical (unpaired) electrons. The van der Waals surface area contributed by atoms with E-state index in [1.807, 2.05) is 6.92 Å². The number of rotatable bonds is 0. The molecule has 0 unspecified atom stereocenters. The van der Waals surface area contributed by atoms with E-state index in [1.54, 1.807) is 6.92 Å². The molecule has 0 aromatic carbocycles. The Morgan fingerprint density at radius 3 is 2.80 bits per heavy atom. The molecule has 3 nitrogen and oxygen atoms in total. The van der Waals surface area contributed by atoms with Gasteiger partial charge in [0, 0.05) is 13.3 Å². The summed E-state index contributed by atoms with van der Waals surface area (Å²) in [4.78, 5) is 0. The van der Waals surface area contributed by atoms with Crippen LogP contribution in [0.5, 0.6) is 0 Å². The topological polar surface area (TPSA) is 38.9 Å². The fraction of sp³-hybridized carbons (Fsp3) is 0.429. The van der Waals surface area contributed by atoms with Gasteiger partial charge in [-0.2, -0.15) is 0 Å². The molecule has 0 saturated carbocycles. The van der Waals surface area contributed by atoms with Gasteiger partial charge in [0.2, 0.25) is 5.89 Å². The van der Waals surface area contributed by atoms with E-state index in [9.17, 15) is 0 Å². The lowest BCUT2D eigenvalue weighted by Crippen LogP contribution is -1.71. The lowest BCUT2D eigenvalue weighted by molar-refractivity contribution is 0.507. The van der Waals surface area contributed by atoms with Crippen LogP contribution in [0.15, 0.2) is 4.42 Å². The lowest BCUT2D eigenvalue weighted by Gasteiger charge is -1.72. The molecule has 0 atom stereocenters. The normalized spacial score (nSPS) is 8.60. The quantitative estimate of drug-likeness (QED) is 0.502. The SMILES string of the molecule is CCC#Cc1nnc(C)o1. The van der Waals surface area contributed by atoms with Crippen LogP contribution in [-0.4, -0.2) is 10.2 Å². The number of aryl methyl sites for hydroxylation is 1. The zero-order chi connectivity index (χ0) is 7.40. The van der Waals surface area contributed by atoms with Crippen LogP contribution in [0.25, 0.3) is 0 Å². The van der Waals surface area contributed by atoms with Gasteiger partial charge in [-0.15, -0.1) is 5.10 Å². The second-order valence-corrected chi connectivity index (χ2v) is 1.78. The molecule has 0 aliphatic carbocycles. The van der Waals surface area contributed by atoms with Crippen molar-refractivity contribution in [2.24, 2.45) is 0 Å².